The van der Waals surface area contributed by atoms with Crippen LogP contribution in [0.2, 0.25) is 0 Å². The van der Waals surface area contributed by atoms with Crippen LogP contribution in [-0.4, -0.2) is 20.4 Å². The zero-order valence-electron chi connectivity index (χ0n) is 10.8. The summed E-state index contributed by atoms with van der Waals surface area (Å²) < 4.78 is 35.9. The summed E-state index contributed by atoms with van der Waals surface area (Å²) in [6.07, 6.45) is 1.63. The van der Waals surface area contributed by atoms with E-state index in [9.17, 15) is 17.6 Å². The molecule has 7 heteroatoms. The number of hydrogen-bond donors (Lipinski definition) is 2. The maximum atomic E-state index is 13.5. The van der Waals surface area contributed by atoms with Crippen molar-refractivity contribution in [2.45, 2.75) is 37.6 Å². The normalized spacial score (nSPS) is 13.1. The lowest BCUT2D eigenvalue weighted by molar-refractivity contribution is 0.0934. The molecule has 1 aromatic rings. The quantitative estimate of drug-likeness (QED) is 0.858. The van der Waals surface area contributed by atoms with Gasteiger partial charge in [0.1, 0.15) is 5.82 Å². The number of amides is 1. The van der Waals surface area contributed by atoms with Crippen LogP contribution in [0.1, 0.15) is 37.0 Å². The van der Waals surface area contributed by atoms with Gasteiger partial charge >= 0.3 is 0 Å². The third-order valence-corrected chi connectivity index (χ3v) is 3.52. The molecule has 106 valence electrons. The van der Waals surface area contributed by atoms with Crippen LogP contribution < -0.4 is 10.5 Å². The summed E-state index contributed by atoms with van der Waals surface area (Å²) in [7, 11) is -3.96. The molecule has 0 aliphatic carbocycles. The van der Waals surface area contributed by atoms with Crippen molar-refractivity contribution in [3.8, 4) is 0 Å². The minimum Gasteiger partial charge on any atom is -0.349 e. The average molecular weight is 288 g/mol. The van der Waals surface area contributed by atoms with Gasteiger partial charge in [0, 0.05) is 6.04 Å². The lowest BCUT2D eigenvalue weighted by Gasteiger charge is -2.13. The molecule has 1 aromatic carbocycles. The second kappa shape index (κ2) is 6.12. The highest BCUT2D eigenvalue weighted by atomic mass is 32.2. The van der Waals surface area contributed by atoms with Crippen LogP contribution in [0.25, 0.3) is 0 Å². The minimum absolute atomic E-state index is 0.116. The monoisotopic (exact) mass is 288 g/mol. The van der Waals surface area contributed by atoms with Gasteiger partial charge in [0.15, 0.2) is 0 Å². The van der Waals surface area contributed by atoms with E-state index >= 15 is 0 Å². The largest absolute Gasteiger partial charge is 0.349 e. The SMILES string of the molecule is CCCC(C)NC(=O)c1cc(S(N)(=O)=O)ccc1F. The Kier molecular flexibility index (Phi) is 5.02. The number of primary sulfonamides is 1. The minimum atomic E-state index is -3.96. The molecule has 1 unspecified atom stereocenters. The molecular weight excluding hydrogens is 271 g/mol. The van der Waals surface area contributed by atoms with Crippen molar-refractivity contribution in [2.75, 3.05) is 0 Å². The lowest BCUT2D eigenvalue weighted by Crippen LogP contribution is -2.33. The maximum absolute atomic E-state index is 13.5. The average Bonchev–Trinajstić information content (AvgIpc) is 2.27. The van der Waals surface area contributed by atoms with E-state index in [0.29, 0.717) is 0 Å². The Morgan fingerprint density at radius 1 is 1.47 bits per heavy atom. The molecule has 1 rings (SSSR count). The van der Waals surface area contributed by atoms with Crippen molar-refractivity contribution in [1.29, 1.82) is 0 Å². The summed E-state index contributed by atoms with van der Waals surface area (Å²) in [6.45, 7) is 3.76. The van der Waals surface area contributed by atoms with Crippen molar-refractivity contribution in [2.24, 2.45) is 5.14 Å². The summed E-state index contributed by atoms with van der Waals surface area (Å²) in [5.41, 5.74) is -0.325. The lowest BCUT2D eigenvalue weighted by atomic mass is 10.1. The first-order valence-corrected chi connectivity index (χ1v) is 7.43. The van der Waals surface area contributed by atoms with E-state index in [2.05, 4.69) is 5.32 Å². The first kappa shape index (κ1) is 15.6. The molecule has 5 nitrogen and oxygen atoms in total. The smallest absolute Gasteiger partial charge is 0.254 e. The van der Waals surface area contributed by atoms with E-state index < -0.39 is 21.7 Å². The van der Waals surface area contributed by atoms with Crippen molar-refractivity contribution in [1.82, 2.24) is 5.32 Å². The van der Waals surface area contributed by atoms with Gasteiger partial charge < -0.3 is 5.32 Å². The molecule has 0 heterocycles. The highest BCUT2D eigenvalue weighted by Gasteiger charge is 2.17. The van der Waals surface area contributed by atoms with Crippen molar-refractivity contribution < 1.29 is 17.6 Å². The number of carbonyl (C=O) groups excluding carboxylic acids is 1. The highest BCUT2D eigenvalue weighted by molar-refractivity contribution is 7.89. The zero-order valence-corrected chi connectivity index (χ0v) is 11.6. The van der Waals surface area contributed by atoms with E-state index in [0.717, 1.165) is 31.0 Å². The molecule has 0 aliphatic rings. The van der Waals surface area contributed by atoms with Gasteiger partial charge in [-0.15, -0.1) is 0 Å². The van der Waals surface area contributed by atoms with Gasteiger partial charge in [-0.3, -0.25) is 4.79 Å². The standard InChI is InChI=1S/C12H17FN2O3S/c1-3-4-8(2)15-12(16)10-7-9(19(14,17)18)5-6-11(10)13/h5-8H,3-4H2,1-2H3,(H,15,16)(H2,14,17,18). The van der Waals surface area contributed by atoms with Crippen LogP contribution in [0.15, 0.2) is 23.1 Å². The molecule has 3 N–H and O–H groups in total. The summed E-state index contributed by atoms with van der Waals surface area (Å²) in [5.74, 6) is -1.43. The molecular formula is C12H17FN2O3S. The number of nitrogens with one attached hydrogen (secondary N) is 1. The van der Waals surface area contributed by atoms with E-state index in [1.54, 1.807) is 6.92 Å². The molecule has 0 bridgehead atoms. The fourth-order valence-electron chi connectivity index (χ4n) is 1.66. The first-order chi connectivity index (χ1) is 8.75. The third-order valence-electron chi connectivity index (χ3n) is 2.61. The number of benzene rings is 1. The van der Waals surface area contributed by atoms with Crippen molar-refractivity contribution in [3.63, 3.8) is 0 Å². The number of rotatable bonds is 5. The highest BCUT2D eigenvalue weighted by Crippen LogP contribution is 2.14. The van der Waals surface area contributed by atoms with Gasteiger partial charge in [0.25, 0.3) is 5.91 Å². The maximum Gasteiger partial charge on any atom is 0.254 e. The Hall–Kier alpha value is -1.47. The van der Waals surface area contributed by atoms with Crippen molar-refractivity contribution >= 4 is 15.9 Å². The fraction of sp³-hybridized carbons (Fsp3) is 0.417. The molecule has 0 fully saturated rings. The molecule has 19 heavy (non-hydrogen) atoms. The molecule has 1 amide bonds. The fourth-order valence-corrected chi connectivity index (χ4v) is 2.20. The molecule has 0 radical (unpaired) electrons. The Labute approximate surface area is 112 Å². The van der Waals surface area contributed by atoms with Crippen molar-refractivity contribution in [3.05, 3.63) is 29.6 Å². The van der Waals surface area contributed by atoms with E-state index in [1.807, 2.05) is 6.92 Å². The predicted octanol–water partition coefficient (Wildman–Crippen LogP) is 1.39. The Bertz CT molecular complexity index is 572. The first-order valence-electron chi connectivity index (χ1n) is 5.89. The second-order valence-electron chi connectivity index (χ2n) is 4.35. The summed E-state index contributed by atoms with van der Waals surface area (Å²) in [6, 6.07) is 2.77. The predicted molar refractivity (Wildman–Crippen MR) is 69.6 cm³/mol. The van der Waals surface area contributed by atoms with E-state index in [4.69, 9.17) is 5.14 Å². The van der Waals surface area contributed by atoms with Gasteiger partial charge in [-0.05, 0) is 31.5 Å². The number of sulfonamides is 1. The molecule has 0 saturated heterocycles. The number of nitrogens with two attached hydrogens (primary N) is 1. The zero-order chi connectivity index (χ0) is 14.6. The Morgan fingerprint density at radius 3 is 2.63 bits per heavy atom. The molecule has 0 aromatic heterocycles. The molecule has 0 aliphatic heterocycles. The van der Waals surface area contributed by atoms with Gasteiger partial charge in [-0.2, -0.15) is 0 Å². The van der Waals surface area contributed by atoms with E-state index in [-0.39, 0.29) is 16.5 Å². The van der Waals surface area contributed by atoms with Gasteiger partial charge in [0.2, 0.25) is 10.0 Å². The van der Waals surface area contributed by atoms with E-state index in [1.165, 1.54) is 0 Å². The third kappa shape index (κ3) is 4.29. The van der Waals surface area contributed by atoms with Crippen LogP contribution in [0.4, 0.5) is 4.39 Å². The van der Waals surface area contributed by atoms with Gasteiger partial charge in [0.05, 0.1) is 10.5 Å². The van der Waals surface area contributed by atoms with Crippen LogP contribution in [-0.2, 0) is 10.0 Å². The number of hydrogen-bond acceptors (Lipinski definition) is 3. The van der Waals surface area contributed by atoms with Crippen LogP contribution in [0, 0.1) is 5.82 Å². The molecule has 0 saturated carbocycles. The van der Waals surface area contributed by atoms with Gasteiger partial charge in [-0.25, -0.2) is 17.9 Å². The van der Waals surface area contributed by atoms with Crippen LogP contribution in [0.5, 0.6) is 0 Å². The number of carbonyl (C=O) groups is 1. The molecule has 1 atom stereocenters. The second-order valence-corrected chi connectivity index (χ2v) is 5.91. The summed E-state index contributed by atoms with van der Waals surface area (Å²) >= 11 is 0. The Balaban J connectivity index is 3.03. The van der Waals surface area contributed by atoms with Crippen LogP contribution >= 0.6 is 0 Å². The molecule has 0 spiro atoms. The number of halogens is 1. The topological polar surface area (TPSA) is 89.3 Å². The summed E-state index contributed by atoms with van der Waals surface area (Å²) in [5, 5.41) is 7.54. The Morgan fingerprint density at radius 2 is 2.11 bits per heavy atom. The van der Waals surface area contributed by atoms with Crippen LogP contribution in [0.3, 0.4) is 0 Å². The van der Waals surface area contributed by atoms with Gasteiger partial charge in [-0.1, -0.05) is 13.3 Å². The summed E-state index contributed by atoms with van der Waals surface area (Å²) in [4.78, 5) is 11.6.